The zero-order chi connectivity index (χ0) is 19.4. The lowest BCUT2D eigenvalue weighted by Crippen LogP contribution is -2.36. The molecule has 3 rings (SSSR count). The van der Waals surface area contributed by atoms with E-state index < -0.39 is 11.8 Å². The van der Waals surface area contributed by atoms with E-state index >= 15 is 4.39 Å². The molecule has 2 heterocycles. The van der Waals surface area contributed by atoms with Crippen molar-refractivity contribution in [3.63, 3.8) is 0 Å². The van der Waals surface area contributed by atoms with E-state index in [1.807, 2.05) is 18.7 Å². The van der Waals surface area contributed by atoms with Crippen molar-refractivity contribution in [1.29, 1.82) is 0 Å². The van der Waals surface area contributed by atoms with Crippen LogP contribution in [-0.2, 0) is 4.74 Å². The second-order valence-electron chi connectivity index (χ2n) is 6.43. The highest BCUT2D eigenvalue weighted by molar-refractivity contribution is 5.93. The minimum absolute atomic E-state index is 0.0253. The van der Waals surface area contributed by atoms with Crippen LogP contribution in [0, 0.1) is 23.6 Å². The summed E-state index contributed by atoms with van der Waals surface area (Å²) in [6, 6.07) is 2.90. The average molecular weight is 374 g/mol. The highest BCUT2D eigenvalue weighted by Gasteiger charge is 2.23. The molecule has 0 aliphatic carbocycles. The number of carbonyl (C=O) groups excluding carboxylic acids is 1. The molecule has 0 unspecified atom stereocenters. The van der Waals surface area contributed by atoms with Crippen LogP contribution in [0.4, 0.5) is 14.9 Å². The van der Waals surface area contributed by atoms with Gasteiger partial charge in [-0.15, -0.1) is 0 Å². The van der Waals surface area contributed by atoms with Gasteiger partial charge in [0.15, 0.2) is 5.82 Å². The summed E-state index contributed by atoms with van der Waals surface area (Å²) < 4.78 is 26.8. The fourth-order valence-corrected chi connectivity index (χ4v) is 2.91. The number of anilines is 1. The van der Waals surface area contributed by atoms with Gasteiger partial charge in [0.2, 0.25) is 0 Å². The molecule has 8 heteroatoms. The number of fused-ring (bicyclic) bond motifs is 1. The molecule has 1 amide bonds. The van der Waals surface area contributed by atoms with Gasteiger partial charge in [-0.2, -0.15) is 4.98 Å². The Hall–Kier alpha value is -2.79. The lowest BCUT2D eigenvalue weighted by molar-refractivity contribution is 0.122. The van der Waals surface area contributed by atoms with Crippen LogP contribution in [0.25, 0.3) is 11.0 Å². The Morgan fingerprint density at radius 1 is 1.41 bits per heavy atom. The first-order valence-electron chi connectivity index (χ1n) is 8.87. The number of methoxy groups -OCH3 is 1. The molecule has 1 aromatic carbocycles. The van der Waals surface area contributed by atoms with Gasteiger partial charge in [0.25, 0.3) is 0 Å². The van der Waals surface area contributed by atoms with E-state index in [1.54, 1.807) is 12.1 Å². The summed E-state index contributed by atoms with van der Waals surface area (Å²) in [7, 11) is 1.39. The third-order valence-electron chi connectivity index (χ3n) is 4.17. The van der Waals surface area contributed by atoms with Crippen molar-refractivity contribution in [3.8, 4) is 17.9 Å². The fraction of sp³-hybridized carbons (Fsp3) is 0.474. The second kappa shape index (κ2) is 8.27. The predicted octanol–water partition coefficient (Wildman–Crippen LogP) is 2.24. The molecular formula is C19H23FN4O3. The van der Waals surface area contributed by atoms with Gasteiger partial charge < -0.3 is 19.7 Å². The molecule has 0 spiro atoms. The molecule has 1 saturated heterocycles. The van der Waals surface area contributed by atoms with Crippen LogP contribution >= 0.6 is 0 Å². The molecule has 0 saturated carbocycles. The second-order valence-corrected chi connectivity index (χ2v) is 6.43. The number of amides is 1. The molecule has 1 aliphatic rings. The largest absolute Gasteiger partial charge is 0.468 e. The van der Waals surface area contributed by atoms with Crippen molar-refractivity contribution < 1.29 is 18.7 Å². The van der Waals surface area contributed by atoms with Gasteiger partial charge in [-0.05, 0) is 12.1 Å². The van der Waals surface area contributed by atoms with Crippen molar-refractivity contribution in [1.82, 2.24) is 14.9 Å². The Kier molecular flexibility index (Phi) is 5.81. The van der Waals surface area contributed by atoms with Crippen LogP contribution in [-0.4, -0.2) is 55.5 Å². The van der Waals surface area contributed by atoms with E-state index in [9.17, 15) is 4.79 Å². The summed E-state index contributed by atoms with van der Waals surface area (Å²) in [4.78, 5) is 18.6. The molecule has 1 fully saturated rings. The van der Waals surface area contributed by atoms with E-state index in [0.717, 1.165) is 0 Å². The van der Waals surface area contributed by atoms with Crippen LogP contribution in [0.3, 0.4) is 0 Å². The molecule has 7 nitrogen and oxygen atoms in total. The summed E-state index contributed by atoms with van der Waals surface area (Å²) >= 11 is 0. The molecule has 1 N–H and O–H groups in total. The Bertz CT molecular complexity index is 892. The van der Waals surface area contributed by atoms with Gasteiger partial charge in [0.1, 0.15) is 5.52 Å². The van der Waals surface area contributed by atoms with Crippen LogP contribution in [0.5, 0.6) is 6.01 Å². The zero-order valence-corrected chi connectivity index (χ0v) is 15.7. The third kappa shape index (κ3) is 3.98. The molecule has 27 heavy (non-hydrogen) atoms. The predicted molar refractivity (Wildman–Crippen MR) is 101 cm³/mol. The zero-order valence-electron chi connectivity index (χ0n) is 15.7. The summed E-state index contributed by atoms with van der Waals surface area (Å²) in [6.07, 6.45) is 0. The molecule has 144 valence electrons. The maximum Gasteiger partial charge on any atom is 0.330 e. The molecule has 1 aliphatic heterocycles. The Morgan fingerprint density at radius 2 is 2.15 bits per heavy atom. The maximum atomic E-state index is 15.1. The monoisotopic (exact) mass is 374 g/mol. The van der Waals surface area contributed by atoms with Gasteiger partial charge in [-0.3, -0.25) is 0 Å². The van der Waals surface area contributed by atoms with E-state index in [2.05, 4.69) is 22.1 Å². The fourth-order valence-electron chi connectivity index (χ4n) is 2.91. The number of nitrogens with one attached hydrogen (secondary N) is 1. The van der Waals surface area contributed by atoms with E-state index in [-0.39, 0.29) is 24.0 Å². The molecule has 0 bridgehead atoms. The van der Waals surface area contributed by atoms with Crippen LogP contribution < -0.4 is 15.0 Å². The molecule has 0 radical (unpaired) electrons. The number of morpholine rings is 1. The van der Waals surface area contributed by atoms with Gasteiger partial charge in [0, 0.05) is 19.0 Å². The first-order chi connectivity index (χ1) is 13.0. The number of ether oxygens (including phenoxy) is 2. The number of hydrogen-bond acceptors (Lipinski definition) is 5. The van der Waals surface area contributed by atoms with E-state index in [4.69, 9.17) is 9.47 Å². The summed E-state index contributed by atoms with van der Waals surface area (Å²) in [5.41, 5.74) is 0.885. The SMILES string of the molecule is COc1nc2c(F)c(N3CCOCC3)ccc2n1C(=O)NCC#CC(C)C. The number of rotatable bonds is 3. The standard InChI is InChI=1S/C19H23FN4O3/c1-13(2)5-4-8-21-18(25)24-15-7-6-14(23-9-11-27-12-10-23)16(20)17(15)22-19(24)26-3/h6-7,13H,8-12H2,1-3H3,(H,21,25). The number of imidazole rings is 1. The third-order valence-corrected chi connectivity index (χ3v) is 4.17. The molecule has 1 aromatic heterocycles. The average Bonchev–Trinajstić information content (AvgIpc) is 3.05. The summed E-state index contributed by atoms with van der Waals surface area (Å²) in [5.74, 6) is 5.59. The number of benzene rings is 1. The minimum atomic E-state index is -0.473. The number of halogens is 1. The van der Waals surface area contributed by atoms with Crippen molar-refractivity contribution in [3.05, 3.63) is 17.9 Å². The summed E-state index contributed by atoms with van der Waals surface area (Å²) in [5, 5.41) is 2.69. The van der Waals surface area contributed by atoms with E-state index in [1.165, 1.54) is 11.7 Å². The number of nitrogens with zero attached hydrogens (tertiary/aromatic N) is 3. The van der Waals surface area contributed by atoms with Crippen molar-refractivity contribution in [2.24, 2.45) is 5.92 Å². The van der Waals surface area contributed by atoms with Crippen molar-refractivity contribution in [2.45, 2.75) is 13.8 Å². The van der Waals surface area contributed by atoms with Gasteiger partial charge in [-0.1, -0.05) is 25.7 Å². The van der Waals surface area contributed by atoms with Crippen LogP contribution in [0.2, 0.25) is 0 Å². The Labute approximate surface area is 157 Å². The van der Waals surface area contributed by atoms with Crippen LogP contribution in [0.15, 0.2) is 12.1 Å². The van der Waals surface area contributed by atoms with Crippen molar-refractivity contribution >= 4 is 22.8 Å². The normalized spacial score (nSPS) is 14.2. The smallest absolute Gasteiger partial charge is 0.330 e. The molecule has 2 aromatic rings. The van der Waals surface area contributed by atoms with Crippen molar-refractivity contribution in [2.75, 3.05) is 44.9 Å². The Balaban J connectivity index is 1.92. The Morgan fingerprint density at radius 3 is 2.81 bits per heavy atom. The minimum Gasteiger partial charge on any atom is -0.468 e. The number of aromatic nitrogens is 2. The first-order valence-corrected chi connectivity index (χ1v) is 8.87. The highest BCUT2D eigenvalue weighted by Crippen LogP contribution is 2.30. The number of carbonyl (C=O) groups is 1. The van der Waals surface area contributed by atoms with Gasteiger partial charge in [-0.25, -0.2) is 13.8 Å². The first kappa shape index (κ1) is 19.0. The molecular weight excluding hydrogens is 351 g/mol. The lowest BCUT2D eigenvalue weighted by atomic mass is 10.2. The lowest BCUT2D eigenvalue weighted by Gasteiger charge is -2.29. The van der Waals surface area contributed by atoms with Gasteiger partial charge >= 0.3 is 12.0 Å². The molecule has 0 atom stereocenters. The quantitative estimate of drug-likeness (QED) is 0.835. The topological polar surface area (TPSA) is 68.6 Å². The highest BCUT2D eigenvalue weighted by atomic mass is 19.1. The van der Waals surface area contributed by atoms with Gasteiger partial charge in [0.05, 0.1) is 38.1 Å². The van der Waals surface area contributed by atoms with Crippen LogP contribution in [0.1, 0.15) is 13.8 Å². The van der Waals surface area contributed by atoms with E-state index in [0.29, 0.717) is 37.5 Å². The summed E-state index contributed by atoms with van der Waals surface area (Å²) in [6.45, 7) is 6.44. The number of hydrogen-bond donors (Lipinski definition) is 1. The maximum absolute atomic E-state index is 15.1.